The van der Waals surface area contributed by atoms with Gasteiger partial charge in [0.1, 0.15) is 17.8 Å². The number of carbonyl (C=O) groups excluding carboxylic acids is 1. The molecule has 3 rings (SSSR count). The van der Waals surface area contributed by atoms with E-state index in [-0.39, 0.29) is 24.0 Å². The zero-order valence-corrected chi connectivity index (χ0v) is 14.8. The minimum atomic E-state index is -0.370. The molecule has 0 bridgehead atoms. The maximum atomic E-state index is 11.9. The van der Waals surface area contributed by atoms with E-state index in [1.165, 1.54) is 6.33 Å². The summed E-state index contributed by atoms with van der Waals surface area (Å²) in [6, 6.07) is 16.9. The number of nitrogens with one attached hydrogen (secondary N) is 3. The van der Waals surface area contributed by atoms with Crippen molar-refractivity contribution in [3.05, 3.63) is 66.5 Å². The summed E-state index contributed by atoms with van der Waals surface area (Å²) >= 11 is 0. The molecule has 1 heterocycles. The second-order valence-corrected chi connectivity index (χ2v) is 5.75. The SMILES string of the molecule is Cc1ccc(Nc2ncnc(NNC(=O)COc3ccccc3)c2N)cc1. The molecule has 3 aromatic rings. The molecule has 0 aliphatic rings. The average molecular weight is 364 g/mol. The van der Waals surface area contributed by atoms with Crippen LogP contribution in [-0.2, 0) is 4.79 Å². The van der Waals surface area contributed by atoms with Gasteiger partial charge in [0.2, 0.25) is 0 Å². The van der Waals surface area contributed by atoms with Gasteiger partial charge in [-0.15, -0.1) is 0 Å². The monoisotopic (exact) mass is 364 g/mol. The van der Waals surface area contributed by atoms with Crippen LogP contribution in [0.3, 0.4) is 0 Å². The molecule has 5 N–H and O–H groups in total. The van der Waals surface area contributed by atoms with Gasteiger partial charge in [-0.2, -0.15) is 0 Å². The summed E-state index contributed by atoms with van der Waals surface area (Å²) in [5.74, 6) is 0.961. The number of benzene rings is 2. The van der Waals surface area contributed by atoms with E-state index in [4.69, 9.17) is 10.5 Å². The second kappa shape index (κ2) is 8.52. The Morgan fingerprint density at radius 2 is 1.74 bits per heavy atom. The molecule has 0 radical (unpaired) electrons. The molecule has 0 spiro atoms. The van der Waals surface area contributed by atoms with Gasteiger partial charge in [-0.25, -0.2) is 9.97 Å². The largest absolute Gasteiger partial charge is 0.484 e. The number of nitrogens with two attached hydrogens (primary N) is 1. The third-order valence-electron chi connectivity index (χ3n) is 3.63. The molecule has 1 aromatic heterocycles. The number of amides is 1. The minimum absolute atomic E-state index is 0.142. The number of aryl methyl sites for hydroxylation is 1. The Hall–Kier alpha value is -3.81. The summed E-state index contributed by atoms with van der Waals surface area (Å²) in [4.78, 5) is 20.1. The average Bonchev–Trinajstić information content (AvgIpc) is 2.69. The van der Waals surface area contributed by atoms with Gasteiger partial charge in [-0.05, 0) is 31.2 Å². The molecule has 27 heavy (non-hydrogen) atoms. The number of nitrogens with zero attached hydrogens (tertiary/aromatic N) is 2. The van der Waals surface area contributed by atoms with Crippen molar-refractivity contribution >= 4 is 28.9 Å². The van der Waals surface area contributed by atoms with Gasteiger partial charge in [0.15, 0.2) is 18.2 Å². The zero-order chi connectivity index (χ0) is 19.1. The lowest BCUT2D eigenvalue weighted by Gasteiger charge is -2.13. The molecule has 0 unspecified atom stereocenters. The van der Waals surface area contributed by atoms with Gasteiger partial charge in [-0.1, -0.05) is 35.9 Å². The quantitative estimate of drug-likeness (QED) is 0.477. The highest BCUT2D eigenvalue weighted by atomic mass is 16.5. The summed E-state index contributed by atoms with van der Waals surface area (Å²) in [6.45, 7) is 1.87. The van der Waals surface area contributed by atoms with E-state index >= 15 is 0 Å². The van der Waals surface area contributed by atoms with Gasteiger partial charge in [-0.3, -0.25) is 15.6 Å². The summed E-state index contributed by atoms with van der Waals surface area (Å²) in [6.07, 6.45) is 1.35. The number of rotatable bonds is 7. The van der Waals surface area contributed by atoms with Gasteiger partial charge in [0.25, 0.3) is 5.91 Å². The summed E-state index contributed by atoms with van der Waals surface area (Å²) in [5, 5.41) is 3.12. The highest BCUT2D eigenvalue weighted by Gasteiger charge is 2.10. The molecule has 0 atom stereocenters. The van der Waals surface area contributed by atoms with Crippen LogP contribution in [0.2, 0.25) is 0 Å². The third kappa shape index (κ3) is 5.08. The van der Waals surface area contributed by atoms with Crippen LogP contribution in [0, 0.1) is 6.92 Å². The molecule has 8 heteroatoms. The molecule has 0 saturated carbocycles. The van der Waals surface area contributed by atoms with Crippen LogP contribution in [0.1, 0.15) is 5.56 Å². The molecule has 2 aromatic carbocycles. The van der Waals surface area contributed by atoms with E-state index in [1.807, 2.05) is 49.4 Å². The highest BCUT2D eigenvalue weighted by molar-refractivity contribution is 5.82. The number of ether oxygens (including phenoxy) is 1. The number of nitrogen functional groups attached to an aromatic ring is 1. The predicted octanol–water partition coefficient (Wildman–Crippen LogP) is 2.63. The first-order valence-corrected chi connectivity index (χ1v) is 8.28. The van der Waals surface area contributed by atoms with Crippen molar-refractivity contribution < 1.29 is 9.53 Å². The lowest BCUT2D eigenvalue weighted by molar-refractivity contribution is -0.122. The van der Waals surface area contributed by atoms with Crippen LogP contribution >= 0.6 is 0 Å². The number of hydrazine groups is 1. The normalized spacial score (nSPS) is 10.1. The lowest BCUT2D eigenvalue weighted by Crippen LogP contribution is -2.34. The van der Waals surface area contributed by atoms with Crippen LogP contribution in [0.25, 0.3) is 0 Å². The Kier molecular flexibility index (Phi) is 5.68. The Morgan fingerprint density at radius 3 is 2.48 bits per heavy atom. The summed E-state index contributed by atoms with van der Waals surface area (Å²) in [5.41, 5.74) is 13.5. The molecular formula is C19H20N6O2. The fourth-order valence-electron chi connectivity index (χ4n) is 2.20. The molecular weight excluding hydrogens is 344 g/mol. The maximum Gasteiger partial charge on any atom is 0.276 e. The molecule has 1 amide bonds. The van der Waals surface area contributed by atoms with Gasteiger partial charge in [0, 0.05) is 5.69 Å². The molecule has 8 nitrogen and oxygen atoms in total. The highest BCUT2D eigenvalue weighted by Crippen LogP contribution is 2.25. The van der Waals surface area contributed by atoms with Crippen molar-refractivity contribution in [2.45, 2.75) is 6.92 Å². The van der Waals surface area contributed by atoms with Crippen molar-refractivity contribution in [3.63, 3.8) is 0 Å². The van der Waals surface area contributed by atoms with Crippen molar-refractivity contribution in [3.8, 4) is 5.75 Å². The van der Waals surface area contributed by atoms with E-state index < -0.39 is 0 Å². The van der Waals surface area contributed by atoms with E-state index in [0.29, 0.717) is 11.6 Å². The van der Waals surface area contributed by atoms with Crippen LogP contribution in [0.5, 0.6) is 5.75 Å². The van der Waals surface area contributed by atoms with E-state index in [2.05, 4.69) is 26.1 Å². The van der Waals surface area contributed by atoms with E-state index in [9.17, 15) is 4.79 Å². The Bertz CT molecular complexity index is 900. The van der Waals surface area contributed by atoms with Crippen molar-refractivity contribution in [2.75, 3.05) is 23.1 Å². The Morgan fingerprint density at radius 1 is 1.04 bits per heavy atom. The number of carbonyl (C=O) groups is 1. The fraction of sp³-hybridized carbons (Fsp3) is 0.105. The number of hydrogen-bond acceptors (Lipinski definition) is 7. The minimum Gasteiger partial charge on any atom is -0.484 e. The molecule has 0 fully saturated rings. The van der Waals surface area contributed by atoms with Crippen LogP contribution in [0.15, 0.2) is 60.9 Å². The number of hydrogen-bond donors (Lipinski definition) is 4. The van der Waals surface area contributed by atoms with Gasteiger partial charge >= 0.3 is 0 Å². The van der Waals surface area contributed by atoms with Gasteiger partial charge in [0.05, 0.1) is 0 Å². The van der Waals surface area contributed by atoms with Crippen molar-refractivity contribution in [1.29, 1.82) is 0 Å². The summed E-state index contributed by atoms with van der Waals surface area (Å²) < 4.78 is 5.37. The van der Waals surface area contributed by atoms with Crippen molar-refractivity contribution in [1.82, 2.24) is 15.4 Å². The van der Waals surface area contributed by atoms with Crippen molar-refractivity contribution in [2.24, 2.45) is 0 Å². The van der Waals surface area contributed by atoms with E-state index in [0.717, 1.165) is 11.3 Å². The first-order chi connectivity index (χ1) is 13.1. The van der Waals surface area contributed by atoms with Crippen LogP contribution < -0.4 is 26.6 Å². The molecule has 0 aliphatic heterocycles. The topological polar surface area (TPSA) is 114 Å². The standard InChI is InChI=1S/C19H20N6O2/c1-13-7-9-14(10-8-13)23-18-17(20)19(22-12-21-18)25-24-16(26)11-27-15-5-3-2-4-6-15/h2-10,12H,11,20H2,1H3,(H,24,26)(H2,21,22,23,25). The number of anilines is 4. The molecule has 0 aliphatic carbocycles. The number of para-hydroxylation sites is 1. The third-order valence-corrected chi connectivity index (χ3v) is 3.63. The summed E-state index contributed by atoms with van der Waals surface area (Å²) in [7, 11) is 0. The lowest BCUT2D eigenvalue weighted by atomic mass is 10.2. The predicted molar refractivity (Wildman–Crippen MR) is 105 cm³/mol. The van der Waals surface area contributed by atoms with E-state index in [1.54, 1.807) is 12.1 Å². The molecule has 0 saturated heterocycles. The second-order valence-electron chi connectivity index (χ2n) is 5.75. The van der Waals surface area contributed by atoms with Crippen LogP contribution in [-0.4, -0.2) is 22.5 Å². The molecule has 138 valence electrons. The van der Waals surface area contributed by atoms with Gasteiger partial charge < -0.3 is 15.8 Å². The Labute approximate surface area is 156 Å². The smallest absolute Gasteiger partial charge is 0.276 e. The first kappa shape index (κ1) is 18.0. The van der Waals surface area contributed by atoms with Crippen LogP contribution in [0.4, 0.5) is 23.0 Å². The first-order valence-electron chi connectivity index (χ1n) is 8.28. The number of aromatic nitrogens is 2. The fourth-order valence-corrected chi connectivity index (χ4v) is 2.20. The zero-order valence-electron chi connectivity index (χ0n) is 14.8. The Balaban J connectivity index is 1.57. The maximum absolute atomic E-state index is 11.9.